The van der Waals surface area contributed by atoms with Crippen LogP contribution < -0.4 is 0 Å². The maximum absolute atomic E-state index is 13.2. The molecule has 0 N–H and O–H groups in total. The number of aryl methyl sites for hydroxylation is 1. The Hall–Kier alpha value is -2.43. The van der Waals surface area contributed by atoms with Gasteiger partial charge < -0.3 is 0 Å². The predicted molar refractivity (Wildman–Crippen MR) is 96.3 cm³/mol. The van der Waals surface area contributed by atoms with Gasteiger partial charge in [-0.3, -0.25) is 19.2 Å². The first kappa shape index (κ1) is 15.8. The van der Waals surface area contributed by atoms with Crippen LogP contribution in [0.15, 0.2) is 36.5 Å². The average Bonchev–Trinajstić information content (AvgIpc) is 3.41. The van der Waals surface area contributed by atoms with Crippen molar-refractivity contribution in [2.75, 3.05) is 0 Å². The second-order valence-corrected chi connectivity index (χ2v) is 7.93. The summed E-state index contributed by atoms with van der Waals surface area (Å²) in [5, 5.41) is 4.65. The van der Waals surface area contributed by atoms with Gasteiger partial charge in [-0.25, -0.2) is 0 Å². The molecule has 0 radical (unpaired) electrons. The molecule has 0 bridgehead atoms. The minimum absolute atomic E-state index is 0.0390. The van der Waals surface area contributed by atoms with Crippen LogP contribution >= 0.6 is 0 Å². The molecule has 1 saturated heterocycles. The van der Waals surface area contributed by atoms with Gasteiger partial charge in [0.2, 0.25) is 11.8 Å². The van der Waals surface area contributed by atoms with Crippen molar-refractivity contribution in [3.05, 3.63) is 53.3 Å². The average molecular weight is 349 g/mol. The van der Waals surface area contributed by atoms with E-state index in [-0.39, 0.29) is 11.8 Å². The van der Waals surface area contributed by atoms with E-state index in [0.717, 1.165) is 24.1 Å². The Balaban J connectivity index is 1.39. The number of benzene rings is 1. The lowest BCUT2D eigenvalue weighted by molar-refractivity contribution is -0.140. The molecule has 2 heterocycles. The highest BCUT2D eigenvalue weighted by molar-refractivity contribution is 6.09. The van der Waals surface area contributed by atoms with Gasteiger partial charge in [0.05, 0.1) is 23.7 Å². The second-order valence-electron chi connectivity index (χ2n) is 7.93. The first-order valence-electron chi connectivity index (χ1n) is 9.65. The topological polar surface area (TPSA) is 55.2 Å². The van der Waals surface area contributed by atoms with E-state index in [1.807, 2.05) is 35.1 Å². The van der Waals surface area contributed by atoms with Crippen molar-refractivity contribution in [1.29, 1.82) is 0 Å². The lowest BCUT2D eigenvalue weighted by Gasteiger charge is -2.22. The van der Waals surface area contributed by atoms with Gasteiger partial charge in [0.1, 0.15) is 0 Å². The maximum atomic E-state index is 13.2. The number of fused-ring (bicyclic) bond motifs is 2. The summed E-state index contributed by atoms with van der Waals surface area (Å²) in [4.78, 5) is 27.4. The van der Waals surface area contributed by atoms with Crippen molar-refractivity contribution in [2.24, 2.45) is 0 Å². The highest BCUT2D eigenvalue weighted by Crippen LogP contribution is 2.47. The monoisotopic (exact) mass is 349 g/mol. The first-order valence-corrected chi connectivity index (χ1v) is 9.65. The third-order valence-electron chi connectivity index (χ3n) is 6.45. The molecule has 5 nitrogen and oxygen atoms in total. The molecule has 2 amide bonds. The Bertz CT molecular complexity index is 881. The van der Waals surface area contributed by atoms with Gasteiger partial charge in [0, 0.05) is 12.6 Å². The summed E-state index contributed by atoms with van der Waals surface area (Å²) in [5.74, 6) is -0.106. The molecule has 5 heteroatoms. The van der Waals surface area contributed by atoms with Crippen LogP contribution in [0.25, 0.3) is 0 Å². The van der Waals surface area contributed by atoms with E-state index in [1.54, 1.807) is 0 Å². The van der Waals surface area contributed by atoms with Crippen LogP contribution in [0.3, 0.4) is 0 Å². The summed E-state index contributed by atoms with van der Waals surface area (Å²) in [5.41, 5.74) is 2.43. The summed E-state index contributed by atoms with van der Waals surface area (Å²) < 4.78 is 2.02. The standard InChI is InChI=1S/C21H23N3O2/c25-19-13-21(11-9-15-5-1-4-8-18(15)21)20(26)23(19)14-16-10-12-24(22-16)17-6-2-3-7-17/h1,4-5,8,10,12,17H,2-3,6-7,9,11,13-14H2. The molecule has 1 saturated carbocycles. The number of nitrogens with zero attached hydrogens (tertiary/aromatic N) is 3. The summed E-state index contributed by atoms with van der Waals surface area (Å²) in [6, 6.07) is 10.5. The summed E-state index contributed by atoms with van der Waals surface area (Å²) in [7, 11) is 0. The van der Waals surface area contributed by atoms with E-state index < -0.39 is 5.41 Å². The van der Waals surface area contributed by atoms with E-state index >= 15 is 0 Å². The zero-order valence-electron chi connectivity index (χ0n) is 14.9. The molecule has 134 valence electrons. The molecule has 1 aromatic heterocycles. The molecule has 1 aromatic carbocycles. The third-order valence-corrected chi connectivity index (χ3v) is 6.45. The van der Waals surface area contributed by atoms with Crippen LogP contribution in [-0.2, 0) is 28.0 Å². The Kier molecular flexibility index (Phi) is 3.52. The van der Waals surface area contributed by atoms with Crippen molar-refractivity contribution in [2.45, 2.75) is 62.9 Å². The number of hydrogen-bond acceptors (Lipinski definition) is 3. The minimum Gasteiger partial charge on any atom is -0.276 e. The molecule has 26 heavy (non-hydrogen) atoms. The number of likely N-dealkylation sites (tertiary alicyclic amines) is 1. The van der Waals surface area contributed by atoms with E-state index in [4.69, 9.17) is 0 Å². The van der Waals surface area contributed by atoms with Gasteiger partial charge in [-0.15, -0.1) is 0 Å². The van der Waals surface area contributed by atoms with Crippen molar-refractivity contribution in [3.8, 4) is 0 Å². The van der Waals surface area contributed by atoms with E-state index in [1.165, 1.54) is 36.1 Å². The third kappa shape index (κ3) is 2.26. The fourth-order valence-electron chi connectivity index (χ4n) is 5.05. The number of carbonyl (C=O) groups excluding carboxylic acids is 2. The zero-order valence-corrected chi connectivity index (χ0v) is 14.9. The van der Waals surface area contributed by atoms with Gasteiger partial charge in [0.25, 0.3) is 0 Å². The van der Waals surface area contributed by atoms with Crippen LogP contribution in [0.2, 0.25) is 0 Å². The first-order chi connectivity index (χ1) is 12.7. The fraction of sp³-hybridized carbons (Fsp3) is 0.476. The molecule has 1 aliphatic heterocycles. The van der Waals surface area contributed by atoms with Gasteiger partial charge in [-0.1, -0.05) is 37.1 Å². The summed E-state index contributed by atoms with van der Waals surface area (Å²) in [6.07, 6.45) is 8.76. The molecular formula is C21H23N3O2. The number of imide groups is 1. The minimum atomic E-state index is -0.637. The molecule has 1 atom stereocenters. The van der Waals surface area contributed by atoms with Crippen molar-refractivity contribution >= 4 is 11.8 Å². The normalized spacial score (nSPS) is 25.6. The van der Waals surface area contributed by atoms with E-state index in [9.17, 15) is 9.59 Å². The molecule has 2 aliphatic carbocycles. The highest BCUT2D eigenvalue weighted by Gasteiger charge is 2.55. The number of aromatic nitrogens is 2. The number of carbonyl (C=O) groups is 2. The Morgan fingerprint density at radius 2 is 1.92 bits per heavy atom. The van der Waals surface area contributed by atoms with Gasteiger partial charge in [-0.05, 0) is 42.9 Å². The lowest BCUT2D eigenvalue weighted by atomic mass is 9.80. The molecule has 5 rings (SSSR count). The quantitative estimate of drug-likeness (QED) is 0.800. The Morgan fingerprint density at radius 3 is 2.77 bits per heavy atom. The van der Waals surface area contributed by atoms with E-state index in [0.29, 0.717) is 19.0 Å². The lowest BCUT2D eigenvalue weighted by Crippen LogP contribution is -2.36. The van der Waals surface area contributed by atoms with Crippen molar-refractivity contribution in [3.63, 3.8) is 0 Å². The Labute approximate surface area is 153 Å². The number of rotatable bonds is 3. The fourth-order valence-corrected chi connectivity index (χ4v) is 5.05. The van der Waals surface area contributed by atoms with Crippen molar-refractivity contribution in [1.82, 2.24) is 14.7 Å². The summed E-state index contributed by atoms with van der Waals surface area (Å²) >= 11 is 0. The molecule has 2 fully saturated rings. The van der Waals surface area contributed by atoms with Gasteiger partial charge in [0.15, 0.2) is 0 Å². The van der Waals surface area contributed by atoms with Crippen LogP contribution in [-0.4, -0.2) is 26.5 Å². The summed E-state index contributed by atoms with van der Waals surface area (Å²) in [6.45, 7) is 0.293. The number of amides is 2. The maximum Gasteiger partial charge on any atom is 0.240 e. The smallest absolute Gasteiger partial charge is 0.240 e. The molecule has 1 unspecified atom stereocenters. The molecule has 1 spiro atoms. The second kappa shape index (κ2) is 5.79. The molecule has 2 aromatic rings. The van der Waals surface area contributed by atoms with Crippen molar-refractivity contribution < 1.29 is 9.59 Å². The van der Waals surface area contributed by atoms with Gasteiger partial charge >= 0.3 is 0 Å². The van der Waals surface area contributed by atoms with Gasteiger partial charge in [-0.2, -0.15) is 5.10 Å². The Morgan fingerprint density at radius 1 is 1.12 bits per heavy atom. The zero-order chi connectivity index (χ0) is 17.7. The largest absolute Gasteiger partial charge is 0.276 e. The molecular weight excluding hydrogens is 326 g/mol. The van der Waals surface area contributed by atoms with Crippen LogP contribution in [0.4, 0.5) is 0 Å². The molecule has 3 aliphatic rings. The SMILES string of the molecule is O=C1CC2(CCc3ccccc32)C(=O)N1Cc1ccn(C2CCCC2)n1. The predicted octanol–water partition coefficient (Wildman–Crippen LogP) is 3.14. The van der Waals surface area contributed by atoms with Crippen LogP contribution in [0.1, 0.15) is 61.4 Å². The number of hydrogen-bond donors (Lipinski definition) is 0. The van der Waals surface area contributed by atoms with E-state index in [2.05, 4.69) is 11.2 Å². The van der Waals surface area contributed by atoms with Crippen LogP contribution in [0.5, 0.6) is 0 Å². The van der Waals surface area contributed by atoms with Crippen LogP contribution in [0, 0.1) is 0 Å². The highest BCUT2D eigenvalue weighted by atomic mass is 16.2.